The normalized spacial score (nSPS) is 31.9. The minimum absolute atomic E-state index is 0.0200. The number of hydrogen-bond donors (Lipinski definition) is 2. The van der Waals surface area contributed by atoms with Crippen molar-refractivity contribution in [3.05, 3.63) is 0 Å². The van der Waals surface area contributed by atoms with Crippen LogP contribution in [-0.2, 0) is 14.3 Å². The highest BCUT2D eigenvalue weighted by atomic mass is 16.5. The number of nitrogens with one attached hydrogen (secondary N) is 2. The summed E-state index contributed by atoms with van der Waals surface area (Å²) in [5.41, 5.74) is -0.126. The Balaban J connectivity index is 1.73. The molecule has 0 aromatic carbocycles. The van der Waals surface area contributed by atoms with Gasteiger partial charge in [-0.25, -0.2) is 0 Å². The molecule has 18 heavy (non-hydrogen) atoms. The van der Waals surface area contributed by atoms with Gasteiger partial charge < -0.3 is 20.1 Å². The van der Waals surface area contributed by atoms with Gasteiger partial charge in [0.1, 0.15) is 0 Å². The van der Waals surface area contributed by atoms with Crippen molar-refractivity contribution < 1.29 is 14.3 Å². The molecular formula is C13H24N2O3. The SMILES string of the molecule is CC1(C)CC(NC(=O)CC2CNCCO2)CCO1. The average Bonchev–Trinajstić information content (AvgIpc) is 2.28. The summed E-state index contributed by atoms with van der Waals surface area (Å²) in [6, 6.07) is 0.234. The fourth-order valence-corrected chi connectivity index (χ4v) is 2.60. The molecule has 1 amide bonds. The molecule has 0 aromatic rings. The molecule has 2 rings (SSSR count). The number of carbonyl (C=O) groups is 1. The lowest BCUT2D eigenvalue weighted by Crippen LogP contribution is -2.47. The van der Waals surface area contributed by atoms with Crippen LogP contribution in [0.3, 0.4) is 0 Å². The standard InChI is InChI=1S/C13H24N2O3/c1-13(2)8-10(3-5-18-13)15-12(16)7-11-9-14-4-6-17-11/h10-11,14H,3-9H2,1-2H3,(H,15,16). The van der Waals surface area contributed by atoms with Crippen molar-refractivity contribution in [1.29, 1.82) is 0 Å². The van der Waals surface area contributed by atoms with Crippen LogP contribution in [-0.4, -0.2) is 50.0 Å². The third-order valence-electron chi connectivity index (χ3n) is 3.48. The lowest BCUT2D eigenvalue weighted by molar-refractivity contribution is -0.127. The second-order valence-corrected chi connectivity index (χ2v) is 5.77. The van der Waals surface area contributed by atoms with Crippen molar-refractivity contribution in [2.45, 2.75) is 50.9 Å². The van der Waals surface area contributed by atoms with Crippen molar-refractivity contribution >= 4 is 5.91 Å². The van der Waals surface area contributed by atoms with E-state index in [-0.39, 0.29) is 23.7 Å². The largest absolute Gasteiger partial charge is 0.375 e. The van der Waals surface area contributed by atoms with E-state index in [0.29, 0.717) is 13.0 Å². The Morgan fingerprint density at radius 1 is 1.44 bits per heavy atom. The number of morpholine rings is 1. The number of rotatable bonds is 3. The molecule has 0 radical (unpaired) electrons. The molecule has 104 valence electrons. The Labute approximate surface area is 109 Å². The van der Waals surface area contributed by atoms with Gasteiger partial charge in [-0.2, -0.15) is 0 Å². The van der Waals surface area contributed by atoms with Gasteiger partial charge in [-0.15, -0.1) is 0 Å². The molecule has 0 spiro atoms. The monoisotopic (exact) mass is 256 g/mol. The van der Waals surface area contributed by atoms with Crippen LogP contribution in [0.1, 0.15) is 33.1 Å². The highest BCUT2D eigenvalue weighted by Crippen LogP contribution is 2.23. The predicted octanol–water partition coefficient (Wildman–Crippen LogP) is 0.439. The van der Waals surface area contributed by atoms with E-state index in [1.807, 2.05) is 0 Å². The molecule has 5 heteroatoms. The zero-order valence-corrected chi connectivity index (χ0v) is 11.3. The van der Waals surface area contributed by atoms with Gasteiger partial charge >= 0.3 is 0 Å². The van der Waals surface area contributed by atoms with Crippen LogP contribution < -0.4 is 10.6 Å². The summed E-state index contributed by atoms with van der Waals surface area (Å²) in [7, 11) is 0. The van der Waals surface area contributed by atoms with E-state index in [1.54, 1.807) is 0 Å². The molecule has 0 saturated carbocycles. The van der Waals surface area contributed by atoms with Crippen molar-refractivity contribution in [2.75, 3.05) is 26.3 Å². The molecule has 2 fully saturated rings. The highest BCUT2D eigenvalue weighted by Gasteiger charge is 2.30. The third kappa shape index (κ3) is 4.23. The maximum Gasteiger partial charge on any atom is 0.222 e. The van der Waals surface area contributed by atoms with Gasteiger partial charge in [0.2, 0.25) is 5.91 Å². The van der Waals surface area contributed by atoms with Gasteiger partial charge in [0.05, 0.1) is 24.7 Å². The molecule has 5 nitrogen and oxygen atoms in total. The molecule has 2 unspecified atom stereocenters. The molecule has 2 N–H and O–H groups in total. The van der Waals surface area contributed by atoms with Crippen LogP contribution in [0.25, 0.3) is 0 Å². The maximum absolute atomic E-state index is 11.9. The van der Waals surface area contributed by atoms with E-state index in [1.165, 1.54) is 0 Å². The van der Waals surface area contributed by atoms with Crippen molar-refractivity contribution in [3.8, 4) is 0 Å². The van der Waals surface area contributed by atoms with Crippen LogP contribution in [0.15, 0.2) is 0 Å². The maximum atomic E-state index is 11.9. The van der Waals surface area contributed by atoms with Crippen LogP contribution in [0.4, 0.5) is 0 Å². The summed E-state index contributed by atoms with van der Waals surface area (Å²) in [6.07, 6.45) is 2.25. The van der Waals surface area contributed by atoms with Crippen LogP contribution >= 0.6 is 0 Å². The Bertz CT molecular complexity index is 288. The molecular weight excluding hydrogens is 232 g/mol. The lowest BCUT2D eigenvalue weighted by atomic mass is 9.94. The van der Waals surface area contributed by atoms with Crippen molar-refractivity contribution in [1.82, 2.24) is 10.6 Å². The number of ether oxygens (including phenoxy) is 2. The van der Waals surface area contributed by atoms with E-state index in [0.717, 1.165) is 32.5 Å². The van der Waals surface area contributed by atoms with Gasteiger partial charge in [0, 0.05) is 25.7 Å². The van der Waals surface area contributed by atoms with Crippen LogP contribution in [0.5, 0.6) is 0 Å². The summed E-state index contributed by atoms with van der Waals surface area (Å²) < 4.78 is 11.2. The fourth-order valence-electron chi connectivity index (χ4n) is 2.60. The topological polar surface area (TPSA) is 59.6 Å². The number of amides is 1. The van der Waals surface area contributed by atoms with E-state index in [4.69, 9.17) is 9.47 Å². The first kappa shape index (κ1) is 13.8. The Hall–Kier alpha value is -0.650. The quantitative estimate of drug-likeness (QED) is 0.769. The summed E-state index contributed by atoms with van der Waals surface area (Å²) >= 11 is 0. The molecule has 2 saturated heterocycles. The smallest absolute Gasteiger partial charge is 0.222 e. The van der Waals surface area contributed by atoms with Crippen LogP contribution in [0.2, 0.25) is 0 Å². The third-order valence-corrected chi connectivity index (χ3v) is 3.48. The summed E-state index contributed by atoms with van der Waals surface area (Å²) in [6.45, 7) is 7.21. The zero-order valence-electron chi connectivity index (χ0n) is 11.3. The molecule has 0 aliphatic carbocycles. The summed E-state index contributed by atoms with van der Waals surface area (Å²) in [4.78, 5) is 11.9. The summed E-state index contributed by atoms with van der Waals surface area (Å²) in [5, 5.41) is 6.33. The first-order valence-electron chi connectivity index (χ1n) is 6.81. The molecule has 2 heterocycles. The van der Waals surface area contributed by atoms with Gasteiger partial charge in [-0.05, 0) is 26.7 Å². The molecule has 2 atom stereocenters. The van der Waals surface area contributed by atoms with Gasteiger partial charge in [0.15, 0.2) is 0 Å². The number of hydrogen-bond acceptors (Lipinski definition) is 4. The first-order valence-corrected chi connectivity index (χ1v) is 6.81. The lowest BCUT2D eigenvalue weighted by Gasteiger charge is -2.36. The second kappa shape index (κ2) is 5.99. The molecule has 0 aromatic heterocycles. The van der Waals surface area contributed by atoms with Crippen LogP contribution in [0, 0.1) is 0 Å². The van der Waals surface area contributed by atoms with E-state index in [9.17, 15) is 4.79 Å². The van der Waals surface area contributed by atoms with Crippen molar-refractivity contribution in [2.24, 2.45) is 0 Å². The van der Waals surface area contributed by atoms with E-state index >= 15 is 0 Å². The molecule has 2 aliphatic heterocycles. The molecule has 2 aliphatic rings. The minimum Gasteiger partial charge on any atom is -0.375 e. The Morgan fingerprint density at radius 2 is 2.28 bits per heavy atom. The van der Waals surface area contributed by atoms with E-state index in [2.05, 4.69) is 24.5 Å². The number of carbonyl (C=O) groups excluding carboxylic acids is 1. The zero-order chi connectivity index (χ0) is 13.0. The Kier molecular flexibility index (Phi) is 4.59. The van der Waals surface area contributed by atoms with E-state index < -0.39 is 0 Å². The predicted molar refractivity (Wildman–Crippen MR) is 68.4 cm³/mol. The minimum atomic E-state index is -0.126. The highest BCUT2D eigenvalue weighted by molar-refractivity contribution is 5.76. The Morgan fingerprint density at radius 3 is 2.94 bits per heavy atom. The van der Waals surface area contributed by atoms with Crippen molar-refractivity contribution in [3.63, 3.8) is 0 Å². The van der Waals surface area contributed by atoms with Gasteiger partial charge in [-0.1, -0.05) is 0 Å². The molecule has 0 bridgehead atoms. The van der Waals surface area contributed by atoms with Gasteiger partial charge in [-0.3, -0.25) is 4.79 Å². The fraction of sp³-hybridized carbons (Fsp3) is 0.923. The first-order chi connectivity index (χ1) is 8.55. The second-order valence-electron chi connectivity index (χ2n) is 5.77. The average molecular weight is 256 g/mol. The summed E-state index contributed by atoms with van der Waals surface area (Å²) in [5.74, 6) is 0.0893. The van der Waals surface area contributed by atoms with Gasteiger partial charge in [0.25, 0.3) is 0 Å².